The third kappa shape index (κ3) is 4.12. The lowest BCUT2D eigenvalue weighted by atomic mass is 10.2. The van der Waals surface area contributed by atoms with Crippen LogP contribution in [0, 0.1) is 5.82 Å². The molecule has 25 heavy (non-hydrogen) atoms. The molecule has 0 radical (unpaired) electrons. The molecule has 0 bridgehead atoms. The average Bonchev–Trinajstić information content (AvgIpc) is 3.16. The minimum Gasteiger partial charge on any atom is -0.343 e. The van der Waals surface area contributed by atoms with E-state index in [0.29, 0.717) is 0 Å². The molecular weight excluding hydrogens is 323 g/mol. The van der Waals surface area contributed by atoms with Crippen molar-refractivity contribution in [3.63, 3.8) is 0 Å². The van der Waals surface area contributed by atoms with Crippen LogP contribution in [0.2, 0.25) is 0 Å². The Labute approximate surface area is 145 Å². The predicted octanol–water partition coefficient (Wildman–Crippen LogP) is 2.32. The van der Waals surface area contributed by atoms with Crippen molar-refractivity contribution in [2.24, 2.45) is 0 Å². The van der Waals surface area contributed by atoms with Gasteiger partial charge in [0.15, 0.2) is 0 Å². The average molecular weight is 342 g/mol. The van der Waals surface area contributed by atoms with Crippen LogP contribution in [0.15, 0.2) is 42.6 Å². The first-order valence-electron chi connectivity index (χ1n) is 8.17. The first kappa shape index (κ1) is 16.9. The number of likely N-dealkylation sites (tertiary alicyclic amines) is 1. The number of rotatable bonds is 5. The minimum absolute atomic E-state index is 0.0626. The molecule has 1 aliphatic rings. The van der Waals surface area contributed by atoms with Crippen LogP contribution in [0.4, 0.5) is 15.9 Å². The Morgan fingerprint density at radius 3 is 2.64 bits per heavy atom. The zero-order valence-electron chi connectivity index (χ0n) is 13.7. The lowest BCUT2D eigenvalue weighted by Gasteiger charge is -2.16. The van der Waals surface area contributed by atoms with Gasteiger partial charge in [-0.15, -0.1) is 0 Å². The Balaban J connectivity index is 1.68. The second-order valence-corrected chi connectivity index (χ2v) is 5.77. The molecule has 2 N–H and O–H groups in total. The van der Waals surface area contributed by atoms with Gasteiger partial charge in [-0.25, -0.2) is 9.37 Å². The van der Waals surface area contributed by atoms with Gasteiger partial charge in [0.2, 0.25) is 5.91 Å². The van der Waals surface area contributed by atoms with Gasteiger partial charge in [0.1, 0.15) is 11.6 Å². The molecule has 1 saturated heterocycles. The highest BCUT2D eigenvalue weighted by Gasteiger charge is 2.19. The standard InChI is InChI=1S/C18H19FN4O2/c19-14-7-1-2-8-15(14)22-17-13(6-5-9-20-17)18(25)21-12-16(24)23-10-3-4-11-23/h1-2,5-9H,3-4,10-12H2,(H,20,22)(H,21,25). The summed E-state index contributed by atoms with van der Waals surface area (Å²) >= 11 is 0. The maximum Gasteiger partial charge on any atom is 0.255 e. The van der Waals surface area contributed by atoms with E-state index in [0.717, 1.165) is 25.9 Å². The first-order valence-corrected chi connectivity index (χ1v) is 8.17. The van der Waals surface area contributed by atoms with E-state index in [1.165, 1.54) is 12.3 Å². The number of carbonyl (C=O) groups is 2. The second kappa shape index (κ2) is 7.74. The number of amides is 2. The van der Waals surface area contributed by atoms with Crippen LogP contribution >= 0.6 is 0 Å². The number of nitrogens with zero attached hydrogens (tertiary/aromatic N) is 2. The lowest BCUT2D eigenvalue weighted by Crippen LogP contribution is -2.38. The molecule has 1 fully saturated rings. The molecule has 0 saturated carbocycles. The van der Waals surface area contributed by atoms with E-state index < -0.39 is 11.7 Å². The number of hydrogen-bond acceptors (Lipinski definition) is 4. The number of pyridine rings is 1. The van der Waals surface area contributed by atoms with Crippen LogP contribution in [0.1, 0.15) is 23.2 Å². The van der Waals surface area contributed by atoms with Crippen molar-refractivity contribution in [2.75, 3.05) is 25.0 Å². The topological polar surface area (TPSA) is 74.3 Å². The maximum atomic E-state index is 13.8. The SMILES string of the molecule is O=C(NCC(=O)N1CCCC1)c1cccnc1Nc1ccccc1F. The molecule has 0 unspecified atom stereocenters. The molecule has 0 atom stereocenters. The molecule has 130 valence electrons. The number of hydrogen-bond donors (Lipinski definition) is 2. The van der Waals surface area contributed by atoms with E-state index in [1.54, 1.807) is 35.2 Å². The number of halogens is 1. The van der Waals surface area contributed by atoms with Crippen LogP contribution in [0.3, 0.4) is 0 Å². The Bertz CT molecular complexity index is 775. The smallest absolute Gasteiger partial charge is 0.255 e. The minimum atomic E-state index is -0.441. The molecule has 0 spiro atoms. The van der Waals surface area contributed by atoms with Crippen molar-refractivity contribution in [3.8, 4) is 0 Å². The normalized spacial score (nSPS) is 13.6. The monoisotopic (exact) mass is 342 g/mol. The Morgan fingerprint density at radius 2 is 1.88 bits per heavy atom. The van der Waals surface area contributed by atoms with Crippen LogP contribution in [-0.2, 0) is 4.79 Å². The maximum absolute atomic E-state index is 13.8. The third-order valence-corrected chi connectivity index (χ3v) is 4.04. The van der Waals surface area contributed by atoms with Gasteiger partial charge >= 0.3 is 0 Å². The number of aromatic nitrogens is 1. The molecule has 1 aliphatic heterocycles. The molecule has 0 aliphatic carbocycles. The van der Waals surface area contributed by atoms with E-state index in [9.17, 15) is 14.0 Å². The summed E-state index contributed by atoms with van der Waals surface area (Å²) in [6, 6.07) is 9.33. The van der Waals surface area contributed by atoms with Gasteiger partial charge < -0.3 is 15.5 Å². The molecule has 3 rings (SSSR count). The Kier molecular flexibility index (Phi) is 5.23. The van der Waals surface area contributed by atoms with E-state index in [4.69, 9.17) is 0 Å². The van der Waals surface area contributed by atoms with Gasteiger partial charge in [-0.2, -0.15) is 0 Å². The largest absolute Gasteiger partial charge is 0.343 e. The first-order chi connectivity index (χ1) is 12.1. The summed E-state index contributed by atoms with van der Waals surface area (Å²) in [6.07, 6.45) is 3.51. The highest BCUT2D eigenvalue weighted by molar-refractivity contribution is 6.00. The van der Waals surface area contributed by atoms with E-state index in [-0.39, 0.29) is 29.5 Å². The van der Waals surface area contributed by atoms with E-state index in [1.807, 2.05) is 0 Å². The molecule has 2 amide bonds. The predicted molar refractivity (Wildman–Crippen MR) is 92.1 cm³/mol. The lowest BCUT2D eigenvalue weighted by molar-refractivity contribution is -0.129. The van der Waals surface area contributed by atoms with Gasteiger partial charge in [-0.1, -0.05) is 12.1 Å². The summed E-state index contributed by atoms with van der Waals surface area (Å²) in [5.41, 5.74) is 0.475. The zero-order chi connectivity index (χ0) is 17.6. The molecule has 1 aromatic heterocycles. The van der Waals surface area contributed by atoms with E-state index in [2.05, 4.69) is 15.6 Å². The van der Waals surface area contributed by atoms with Crippen LogP contribution in [0.5, 0.6) is 0 Å². The van der Waals surface area contributed by atoms with Crippen LogP contribution in [0.25, 0.3) is 0 Å². The highest BCUT2D eigenvalue weighted by atomic mass is 19.1. The van der Waals surface area contributed by atoms with Crippen LogP contribution < -0.4 is 10.6 Å². The third-order valence-electron chi connectivity index (χ3n) is 4.04. The van der Waals surface area contributed by atoms with Gasteiger partial charge in [0, 0.05) is 19.3 Å². The van der Waals surface area contributed by atoms with Crippen LogP contribution in [-0.4, -0.2) is 41.3 Å². The van der Waals surface area contributed by atoms with Crippen molar-refractivity contribution in [1.29, 1.82) is 0 Å². The second-order valence-electron chi connectivity index (χ2n) is 5.77. The molecule has 1 aromatic carbocycles. The number of anilines is 2. The molecular formula is C18H19FN4O2. The molecule has 6 nitrogen and oxygen atoms in total. The molecule has 2 aromatic rings. The van der Waals surface area contributed by atoms with E-state index >= 15 is 0 Å². The Hall–Kier alpha value is -2.96. The van der Waals surface area contributed by atoms with Crippen molar-refractivity contribution in [3.05, 3.63) is 54.0 Å². The number of carbonyl (C=O) groups excluding carboxylic acids is 2. The summed E-state index contributed by atoms with van der Waals surface area (Å²) in [5.74, 6) is -0.736. The zero-order valence-corrected chi connectivity index (χ0v) is 13.7. The van der Waals surface area contributed by atoms with Crippen molar-refractivity contribution >= 4 is 23.3 Å². The van der Waals surface area contributed by atoms with Crippen molar-refractivity contribution in [1.82, 2.24) is 15.2 Å². The highest BCUT2D eigenvalue weighted by Crippen LogP contribution is 2.20. The Morgan fingerprint density at radius 1 is 1.12 bits per heavy atom. The van der Waals surface area contributed by atoms with Gasteiger partial charge in [-0.3, -0.25) is 9.59 Å². The molecule has 2 heterocycles. The quantitative estimate of drug-likeness (QED) is 0.874. The van der Waals surface area contributed by atoms with Gasteiger partial charge in [0.05, 0.1) is 17.8 Å². The van der Waals surface area contributed by atoms with Crippen molar-refractivity contribution in [2.45, 2.75) is 12.8 Å². The summed E-state index contributed by atoms with van der Waals surface area (Å²) in [5, 5.41) is 5.43. The number of benzene rings is 1. The number of nitrogens with one attached hydrogen (secondary N) is 2. The number of para-hydroxylation sites is 1. The van der Waals surface area contributed by atoms with Crippen molar-refractivity contribution < 1.29 is 14.0 Å². The fourth-order valence-electron chi connectivity index (χ4n) is 2.71. The summed E-state index contributed by atoms with van der Waals surface area (Å²) in [4.78, 5) is 30.3. The summed E-state index contributed by atoms with van der Waals surface area (Å²) in [6.45, 7) is 1.41. The van der Waals surface area contributed by atoms with Gasteiger partial charge in [-0.05, 0) is 37.1 Å². The van der Waals surface area contributed by atoms with Gasteiger partial charge in [0.25, 0.3) is 5.91 Å². The molecule has 7 heteroatoms. The fraction of sp³-hybridized carbons (Fsp3) is 0.278. The summed E-state index contributed by atoms with van der Waals surface area (Å²) in [7, 11) is 0. The summed E-state index contributed by atoms with van der Waals surface area (Å²) < 4.78 is 13.8. The fourth-order valence-corrected chi connectivity index (χ4v) is 2.71.